The Balaban J connectivity index is 2.15. The molecule has 134 valence electrons. The number of carbonyl (C=O) groups excluding carboxylic acids is 1. The SMILES string of the molecule is CCC(C)[C@H](NC(=O)CCn1c(=O)[nH]c2ccccc2c1=O)C(=O)O. The first-order chi connectivity index (χ1) is 11.8. The van der Waals surface area contributed by atoms with Crippen molar-refractivity contribution in [3.05, 3.63) is 45.1 Å². The smallest absolute Gasteiger partial charge is 0.328 e. The number of amides is 1. The summed E-state index contributed by atoms with van der Waals surface area (Å²) in [6, 6.07) is 5.61. The van der Waals surface area contributed by atoms with E-state index in [0.29, 0.717) is 17.3 Å². The van der Waals surface area contributed by atoms with Crippen LogP contribution in [0.15, 0.2) is 33.9 Å². The zero-order chi connectivity index (χ0) is 18.6. The highest BCUT2D eigenvalue weighted by molar-refractivity contribution is 5.83. The van der Waals surface area contributed by atoms with Gasteiger partial charge in [-0.15, -0.1) is 0 Å². The van der Waals surface area contributed by atoms with Gasteiger partial charge in [0.05, 0.1) is 10.9 Å². The number of aromatic nitrogens is 2. The summed E-state index contributed by atoms with van der Waals surface area (Å²) >= 11 is 0. The van der Waals surface area contributed by atoms with E-state index in [0.717, 1.165) is 4.57 Å². The summed E-state index contributed by atoms with van der Waals surface area (Å²) in [6.07, 6.45) is 0.433. The molecule has 3 N–H and O–H groups in total. The molecule has 0 radical (unpaired) electrons. The van der Waals surface area contributed by atoms with Crippen molar-refractivity contribution < 1.29 is 14.7 Å². The van der Waals surface area contributed by atoms with Gasteiger partial charge < -0.3 is 15.4 Å². The molecule has 8 heteroatoms. The average molecular weight is 347 g/mol. The Labute approximate surface area is 143 Å². The minimum Gasteiger partial charge on any atom is -0.480 e. The number of rotatable bonds is 7. The molecule has 0 aliphatic rings. The van der Waals surface area contributed by atoms with Gasteiger partial charge in [-0.2, -0.15) is 0 Å². The number of para-hydroxylation sites is 1. The molecule has 0 spiro atoms. The van der Waals surface area contributed by atoms with E-state index in [1.165, 1.54) is 0 Å². The lowest BCUT2D eigenvalue weighted by molar-refractivity contribution is -0.143. The maximum atomic E-state index is 12.4. The average Bonchev–Trinajstić information content (AvgIpc) is 2.58. The summed E-state index contributed by atoms with van der Waals surface area (Å²) in [6.45, 7) is 3.44. The van der Waals surface area contributed by atoms with Crippen LogP contribution in [0, 0.1) is 5.92 Å². The lowest BCUT2D eigenvalue weighted by atomic mass is 9.99. The van der Waals surface area contributed by atoms with E-state index in [1.807, 2.05) is 6.92 Å². The molecule has 1 aromatic heterocycles. The fourth-order valence-electron chi connectivity index (χ4n) is 2.54. The number of carboxylic acid groups (broad SMARTS) is 1. The molecule has 8 nitrogen and oxygen atoms in total. The van der Waals surface area contributed by atoms with Gasteiger partial charge in [0.15, 0.2) is 0 Å². The molecule has 2 rings (SSSR count). The van der Waals surface area contributed by atoms with Crippen LogP contribution in [-0.2, 0) is 16.1 Å². The number of carboxylic acids is 1. The Morgan fingerprint density at radius 2 is 1.96 bits per heavy atom. The second-order valence-electron chi connectivity index (χ2n) is 5.95. The monoisotopic (exact) mass is 347 g/mol. The first-order valence-corrected chi connectivity index (χ1v) is 8.09. The van der Waals surface area contributed by atoms with Crippen LogP contribution in [0.1, 0.15) is 26.7 Å². The molecule has 25 heavy (non-hydrogen) atoms. The van der Waals surface area contributed by atoms with Crippen LogP contribution in [0.4, 0.5) is 0 Å². The molecule has 1 aromatic carbocycles. The largest absolute Gasteiger partial charge is 0.480 e. The van der Waals surface area contributed by atoms with Crippen LogP contribution < -0.4 is 16.6 Å². The molecular weight excluding hydrogens is 326 g/mol. The van der Waals surface area contributed by atoms with Gasteiger partial charge in [0, 0.05) is 13.0 Å². The van der Waals surface area contributed by atoms with Crippen molar-refractivity contribution in [2.24, 2.45) is 5.92 Å². The first-order valence-electron chi connectivity index (χ1n) is 8.09. The zero-order valence-corrected chi connectivity index (χ0v) is 14.1. The highest BCUT2D eigenvalue weighted by Gasteiger charge is 2.25. The van der Waals surface area contributed by atoms with E-state index < -0.39 is 29.2 Å². The zero-order valence-electron chi connectivity index (χ0n) is 14.1. The summed E-state index contributed by atoms with van der Waals surface area (Å²) in [5.41, 5.74) is -0.655. The van der Waals surface area contributed by atoms with Gasteiger partial charge in [-0.3, -0.25) is 14.2 Å². The molecular formula is C17H21N3O5. The third kappa shape index (κ3) is 4.14. The fourth-order valence-corrected chi connectivity index (χ4v) is 2.54. The summed E-state index contributed by atoms with van der Waals surface area (Å²) in [4.78, 5) is 50.3. The Kier molecular flexibility index (Phi) is 5.74. The molecule has 0 saturated heterocycles. The summed E-state index contributed by atoms with van der Waals surface area (Å²) < 4.78 is 0.945. The number of nitrogens with one attached hydrogen (secondary N) is 2. The lowest BCUT2D eigenvalue weighted by Gasteiger charge is -2.20. The molecule has 0 aliphatic carbocycles. The molecule has 0 fully saturated rings. The number of hydrogen-bond acceptors (Lipinski definition) is 4. The van der Waals surface area contributed by atoms with Gasteiger partial charge in [0.25, 0.3) is 5.56 Å². The number of hydrogen-bond donors (Lipinski definition) is 3. The lowest BCUT2D eigenvalue weighted by Crippen LogP contribution is -2.45. The number of aromatic amines is 1. The van der Waals surface area contributed by atoms with Gasteiger partial charge in [-0.05, 0) is 18.1 Å². The number of benzene rings is 1. The summed E-state index contributed by atoms with van der Waals surface area (Å²) in [5, 5.41) is 12.0. The maximum absolute atomic E-state index is 12.4. The Morgan fingerprint density at radius 1 is 1.28 bits per heavy atom. The molecule has 2 atom stereocenters. The van der Waals surface area contributed by atoms with Crippen LogP contribution in [0.2, 0.25) is 0 Å². The number of nitrogens with zero attached hydrogens (tertiary/aromatic N) is 1. The predicted octanol–water partition coefficient (Wildman–Crippen LogP) is 0.695. The summed E-state index contributed by atoms with van der Waals surface area (Å²) in [5.74, 6) is -1.86. The van der Waals surface area contributed by atoms with Crippen molar-refractivity contribution in [2.75, 3.05) is 0 Å². The highest BCUT2D eigenvalue weighted by atomic mass is 16.4. The van der Waals surface area contributed by atoms with Gasteiger partial charge in [0.2, 0.25) is 5.91 Å². The Hall–Kier alpha value is -2.90. The Morgan fingerprint density at radius 3 is 2.60 bits per heavy atom. The van der Waals surface area contributed by atoms with E-state index in [4.69, 9.17) is 0 Å². The number of fused-ring (bicyclic) bond motifs is 1. The van der Waals surface area contributed by atoms with Crippen molar-refractivity contribution in [1.82, 2.24) is 14.9 Å². The van der Waals surface area contributed by atoms with Gasteiger partial charge in [0.1, 0.15) is 6.04 Å². The predicted molar refractivity (Wildman–Crippen MR) is 92.5 cm³/mol. The third-order valence-corrected chi connectivity index (χ3v) is 4.25. The minimum absolute atomic E-state index is 0.127. The van der Waals surface area contributed by atoms with Crippen molar-refractivity contribution >= 4 is 22.8 Å². The first kappa shape index (κ1) is 18.4. The molecule has 1 amide bonds. The number of carbonyl (C=O) groups is 2. The van der Waals surface area contributed by atoms with E-state index in [9.17, 15) is 24.3 Å². The van der Waals surface area contributed by atoms with Crippen LogP contribution in [0.3, 0.4) is 0 Å². The third-order valence-electron chi connectivity index (χ3n) is 4.25. The van der Waals surface area contributed by atoms with Crippen molar-refractivity contribution in [3.63, 3.8) is 0 Å². The van der Waals surface area contributed by atoms with E-state index in [2.05, 4.69) is 10.3 Å². The molecule has 0 aliphatic heterocycles. The van der Waals surface area contributed by atoms with Crippen molar-refractivity contribution in [3.8, 4) is 0 Å². The number of H-pyrrole nitrogens is 1. The topological polar surface area (TPSA) is 121 Å². The highest BCUT2D eigenvalue weighted by Crippen LogP contribution is 2.08. The van der Waals surface area contributed by atoms with Crippen molar-refractivity contribution in [2.45, 2.75) is 39.3 Å². The van der Waals surface area contributed by atoms with E-state index >= 15 is 0 Å². The molecule has 1 heterocycles. The van der Waals surface area contributed by atoms with Crippen LogP contribution >= 0.6 is 0 Å². The van der Waals surface area contributed by atoms with E-state index in [1.54, 1.807) is 31.2 Å². The van der Waals surface area contributed by atoms with Crippen LogP contribution in [-0.4, -0.2) is 32.6 Å². The second-order valence-corrected chi connectivity index (χ2v) is 5.95. The van der Waals surface area contributed by atoms with Gasteiger partial charge in [-0.1, -0.05) is 32.4 Å². The molecule has 0 saturated carbocycles. The van der Waals surface area contributed by atoms with Gasteiger partial charge in [-0.25, -0.2) is 9.59 Å². The quantitative estimate of drug-likeness (QED) is 0.680. The minimum atomic E-state index is -1.11. The van der Waals surface area contributed by atoms with Gasteiger partial charge >= 0.3 is 11.7 Å². The molecule has 1 unspecified atom stereocenters. The maximum Gasteiger partial charge on any atom is 0.328 e. The van der Waals surface area contributed by atoms with Crippen molar-refractivity contribution in [1.29, 1.82) is 0 Å². The van der Waals surface area contributed by atoms with E-state index in [-0.39, 0.29) is 18.9 Å². The second kappa shape index (κ2) is 7.78. The summed E-state index contributed by atoms with van der Waals surface area (Å²) in [7, 11) is 0. The molecule has 2 aromatic rings. The Bertz CT molecular complexity index is 899. The van der Waals surface area contributed by atoms with Crippen LogP contribution in [0.25, 0.3) is 10.9 Å². The molecule has 0 bridgehead atoms. The standard InChI is InChI=1S/C17H21N3O5/c1-3-10(2)14(16(23)24)19-13(21)8-9-20-15(22)11-6-4-5-7-12(11)18-17(20)25/h4-7,10,14H,3,8-9H2,1-2H3,(H,18,25)(H,19,21)(H,23,24)/t10?,14-/m0/s1. The fraction of sp³-hybridized carbons (Fsp3) is 0.412. The normalized spacial score (nSPS) is 13.4. The number of aliphatic carboxylic acids is 1. The van der Waals surface area contributed by atoms with Crippen LogP contribution in [0.5, 0.6) is 0 Å².